The number of anilines is 1. The van der Waals surface area contributed by atoms with Gasteiger partial charge >= 0.3 is 0 Å². The van der Waals surface area contributed by atoms with Gasteiger partial charge in [-0.1, -0.05) is 43.7 Å². The molecule has 0 aliphatic carbocycles. The standard InChI is InChI=1S/C25H30N2O2S/c1-4-20-16-21(25(30-20)26-24(28)22-6-5-15-29-22)23(19-9-7-17(2)8-10-19)27-13-11-18(3)12-14-27/h5-10,15-16,18,23H,4,11-14H2,1-3H3,(H,26,28). The van der Waals surface area contributed by atoms with Crippen LogP contribution in [0.15, 0.2) is 53.1 Å². The van der Waals surface area contributed by atoms with Crippen LogP contribution in [0, 0.1) is 12.8 Å². The van der Waals surface area contributed by atoms with Crippen molar-refractivity contribution >= 4 is 22.2 Å². The second-order valence-electron chi connectivity index (χ2n) is 8.31. The van der Waals surface area contributed by atoms with Crippen LogP contribution in [0.1, 0.15) is 64.9 Å². The number of carbonyl (C=O) groups is 1. The zero-order valence-electron chi connectivity index (χ0n) is 18.0. The minimum Gasteiger partial charge on any atom is -0.459 e. The zero-order valence-corrected chi connectivity index (χ0v) is 18.8. The smallest absolute Gasteiger partial charge is 0.291 e. The molecule has 2 aromatic heterocycles. The van der Waals surface area contributed by atoms with Gasteiger partial charge in [0.05, 0.1) is 12.3 Å². The second kappa shape index (κ2) is 9.19. The van der Waals surface area contributed by atoms with Gasteiger partial charge in [0.1, 0.15) is 5.00 Å². The van der Waals surface area contributed by atoms with Crippen molar-refractivity contribution in [1.29, 1.82) is 0 Å². The van der Waals surface area contributed by atoms with Crippen molar-refractivity contribution in [2.24, 2.45) is 5.92 Å². The molecule has 30 heavy (non-hydrogen) atoms. The number of nitrogens with one attached hydrogen (secondary N) is 1. The predicted octanol–water partition coefficient (Wildman–Crippen LogP) is 6.29. The molecule has 4 rings (SSSR count). The van der Waals surface area contributed by atoms with Gasteiger partial charge in [-0.2, -0.15) is 0 Å². The number of benzene rings is 1. The molecular formula is C25H30N2O2S. The minimum absolute atomic E-state index is 0.140. The Morgan fingerprint density at radius 3 is 2.60 bits per heavy atom. The largest absolute Gasteiger partial charge is 0.459 e. The topological polar surface area (TPSA) is 45.5 Å². The summed E-state index contributed by atoms with van der Waals surface area (Å²) in [5.74, 6) is 0.915. The van der Waals surface area contributed by atoms with E-state index in [9.17, 15) is 4.79 Å². The van der Waals surface area contributed by atoms with Gasteiger partial charge in [0.15, 0.2) is 5.76 Å². The number of carbonyl (C=O) groups excluding carboxylic acids is 1. The summed E-state index contributed by atoms with van der Waals surface area (Å²) in [6, 6.07) is 14.7. The molecule has 1 amide bonds. The maximum atomic E-state index is 12.7. The SMILES string of the molecule is CCc1cc(C(c2ccc(C)cc2)N2CCC(C)CC2)c(NC(=O)c2ccco2)s1. The van der Waals surface area contributed by atoms with Crippen LogP contribution in [0.2, 0.25) is 0 Å². The lowest BCUT2D eigenvalue weighted by atomic mass is 9.92. The van der Waals surface area contributed by atoms with E-state index >= 15 is 0 Å². The van der Waals surface area contributed by atoms with Crippen molar-refractivity contribution in [3.8, 4) is 0 Å². The molecule has 0 spiro atoms. The van der Waals surface area contributed by atoms with E-state index in [0.717, 1.165) is 30.4 Å². The quantitative estimate of drug-likeness (QED) is 0.508. The van der Waals surface area contributed by atoms with Crippen LogP contribution in [-0.4, -0.2) is 23.9 Å². The third kappa shape index (κ3) is 4.52. The van der Waals surface area contributed by atoms with Crippen LogP contribution in [0.4, 0.5) is 5.00 Å². The lowest BCUT2D eigenvalue weighted by molar-refractivity contribution is 0.0996. The molecule has 5 heteroatoms. The summed E-state index contributed by atoms with van der Waals surface area (Å²) in [7, 11) is 0. The number of piperidine rings is 1. The van der Waals surface area contributed by atoms with Crippen LogP contribution < -0.4 is 5.32 Å². The van der Waals surface area contributed by atoms with Crippen molar-refractivity contribution in [3.63, 3.8) is 0 Å². The highest BCUT2D eigenvalue weighted by Crippen LogP contribution is 2.41. The van der Waals surface area contributed by atoms with Crippen molar-refractivity contribution in [2.45, 2.75) is 46.1 Å². The Kier molecular flexibility index (Phi) is 6.40. The van der Waals surface area contributed by atoms with E-state index in [-0.39, 0.29) is 11.9 Å². The lowest BCUT2D eigenvalue weighted by Crippen LogP contribution is -2.37. The van der Waals surface area contributed by atoms with Gasteiger partial charge in [0, 0.05) is 10.4 Å². The number of hydrogen-bond donors (Lipinski definition) is 1. The Hall–Kier alpha value is -2.37. The molecule has 1 atom stereocenters. The summed E-state index contributed by atoms with van der Waals surface area (Å²) in [5.41, 5.74) is 3.73. The molecule has 1 N–H and O–H groups in total. The van der Waals surface area contributed by atoms with E-state index in [1.165, 1.54) is 40.7 Å². The summed E-state index contributed by atoms with van der Waals surface area (Å²) in [4.78, 5) is 16.6. The van der Waals surface area contributed by atoms with Gasteiger partial charge in [0.25, 0.3) is 5.91 Å². The Morgan fingerprint density at radius 1 is 1.23 bits per heavy atom. The third-order valence-electron chi connectivity index (χ3n) is 6.00. The molecule has 158 valence electrons. The van der Waals surface area contributed by atoms with Crippen molar-refractivity contribution < 1.29 is 9.21 Å². The zero-order chi connectivity index (χ0) is 21.1. The number of hydrogen-bond acceptors (Lipinski definition) is 4. The van der Waals surface area contributed by atoms with E-state index in [1.54, 1.807) is 23.5 Å². The molecule has 0 saturated carbocycles. The van der Waals surface area contributed by atoms with Crippen LogP contribution in [0.25, 0.3) is 0 Å². The molecule has 1 saturated heterocycles. The molecule has 1 unspecified atom stereocenters. The van der Waals surface area contributed by atoms with E-state index in [2.05, 4.69) is 61.3 Å². The fourth-order valence-corrected chi connectivity index (χ4v) is 5.15. The molecule has 1 aliphatic rings. The third-order valence-corrected chi connectivity index (χ3v) is 7.21. The number of aryl methyl sites for hydroxylation is 2. The first kappa shape index (κ1) is 20.9. The fraction of sp³-hybridized carbons (Fsp3) is 0.400. The molecule has 0 bridgehead atoms. The van der Waals surface area contributed by atoms with Crippen molar-refractivity contribution in [3.05, 3.63) is 76.1 Å². The molecule has 1 aromatic carbocycles. The molecule has 1 aliphatic heterocycles. The van der Waals surface area contributed by atoms with Crippen LogP contribution in [-0.2, 0) is 6.42 Å². The van der Waals surface area contributed by atoms with E-state index in [1.807, 2.05) is 0 Å². The number of furan rings is 1. The Bertz CT molecular complexity index is 967. The highest BCUT2D eigenvalue weighted by atomic mass is 32.1. The van der Waals surface area contributed by atoms with Crippen LogP contribution in [0.5, 0.6) is 0 Å². The van der Waals surface area contributed by atoms with Crippen molar-refractivity contribution in [2.75, 3.05) is 18.4 Å². The Morgan fingerprint density at radius 2 is 1.97 bits per heavy atom. The van der Waals surface area contributed by atoms with Gasteiger partial charge in [-0.05, 0) is 69.0 Å². The minimum atomic E-state index is -0.194. The predicted molar refractivity (Wildman–Crippen MR) is 123 cm³/mol. The molecule has 0 radical (unpaired) electrons. The highest BCUT2D eigenvalue weighted by Gasteiger charge is 2.30. The monoisotopic (exact) mass is 422 g/mol. The molecular weight excluding hydrogens is 392 g/mol. The number of nitrogens with zero attached hydrogens (tertiary/aromatic N) is 1. The maximum Gasteiger partial charge on any atom is 0.291 e. The average Bonchev–Trinajstić information content (AvgIpc) is 3.42. The number of amides is 1. The Labute approximate surface area is 182 Å². The highest BCUT2D eigenvalue weighted by molar-refractivity contribution is 7.16. The van der Waals surface area contributed by atoms with Gasteiger partial charge in [-0.25, -0.2) is 0 Å². The van der Waals surface area contributed by atoms with Gasteiger partial charge in [0.2, 0.25) is 0 Å². The summed E-state index contributed by atoms with van der Waals surface area (Å²) < 4.78 is 5.31. The fourth-order valence-electron chi connectivity index (χ4n) is 4.13. The molecule has 1 fully saturated rings. The summed E-state index contributed by atoms with van der Waals surface area (Å²) >= 11 is 1.68. The van der Waals surface area contributed by atoms with E-state index in [4.69, 9.17) is 4.42 Å². The molecule has 3 aromatic rings. The summed E-state index contributed by atoms with van der Waals surface area (Å²) in [5, 5.41) is 4.06. The summed E-state index contributed by atoms with van der Waals surface area (Å²) in [6.07, 6.45) is 4.90. The Balaban J connectivity index is 1.72. The maximum absolute atomic E-state index is 12.7. The van der Waals surface area contributed by atoms with Gasteiger partial charge < -0.3 is 9.73 Å². The molecule has 4 nitrogen and oxygen atoms in total. The van der Waals surface area contributed by atoms with Gasteiger partial charge in [-0.3, -0.25) is 9.69 Å². The first-order valence-electron chi connectivity index (χ1n) is 10.8. The molecule has 3 heterocycles. The van der Waals surface area contributed by atoms with Crippen LogP contribution >= 0.6 is 11.3 Å². The lowest BCUT2D eigenvalue weighted by Gasteiger charge is -2.37. The number of thiophene rings is 1. The van der Waals surface area contributed by atoms with Gasteiger partial charge in [-0.15, -0.1) is 11.3 Å². The first-order chi connectivity index (χ1) is 14.5. The van der Waals surface area contributed by atoms with E-state index < -0.39 is 0 Å². The second-order valence-corrected chi connectivity index (χ2v) is 9.45. The first-order valence-corrected chi connectivity index (χ1v) is 11.6. The number of likely N-dealkylation sites (tertiary alicyclic amines) is 1. The normalized spacial score (nSPS) is 16.5. The van der Waals surface area contributed by atoms with Crippen molar-refractivity contribution in [1.82, 2.24) is 4.90 Å². The average molecular weight is 423 g/mol. The van der Waals surface area contributed by atoms with Crippen LogP contribution in [0.3, 0.4) is 0 Å². The number of rotatable bonds is 6. The summed E-state index contributed by atoms with van der Waals surface area (Å²) in [6.45, 7) is 8.77. The van der Waals surface area contributed by atoms with E-state index in [0.29, 0.717) is 5.76 Å².